The Morgan fingerprint density at radius 3 is 2.66 bits per heavy atom. The third kappa shape index (κ3) is 4.19. The van der Waals surface area contributed by atoms with E-state index in [9.17, 15) is 14.7 Å². The van der Waals surface area contributed by atoms with Crippen LogP contribution in [-0.2, 0) is 9.53 Å². The zero-order chi connectivity index (χ0) is 24.9. The number of hydrogen-bond acceptors (Lipinski definition) is 7. The number of rotatable bonds is 4. The fourth-order valence-electron chi connectivity index (χ4n) is 4.02. The minimum atomic E-state index is -0.821. The first kappa shape index (κ1) is 23.8. The fourth-order valence-corrected chi connectivity index (χ4v) is 6.29. The first-order valence-corrected chi connectivity index (χ1v) is 13.0. The number of phenolic OH excluding ortho intramolecular Hbond substituents is 1. The number of para-hydroxylation sites is 1. The van der Waals surface area contributed by atoms with Crippen molar-refractivity contribution in [2.75, 3.05) is 6.61 Å². The van der Waals surface area contributed by atoms with Crippen molar-refractivity contribution < 1.29 is 19.1 Å². The summed E-state index contributed by atoms with van der Waals surface area (Å²) in [5, 5.41) is 10.9. The number of carbonyl (C=O) groups is 1. The fraction of sp³-hybridized carbons (Fsp3) is 0.160. The molecule has 7 nitrogen and oxygen atoms in total. The molecule has 1 unspecified atom stereocenters. The summed E-state index contributed by atoms with van der Waals surface area (Å²) in [6, 6.07) is 11.9. The lowest BCUT2D eigenvalue weighted by molar-refractivity contribution is -0.139. The van der Waals surface area contributed by atoms with Gasteiger partial charge in [-0.1, -0.05) is 29.5 Å². The number of aromatic nitrogens is 1. The molecule has 0 radical (unpaired) electrons. The molecule has 2 aromatic heterocycles. The van der Waals surface area contributed by atoms with E-state index in [1.807, 2.05) is 30.3 Å². The molecule has 4 aromatic rings. The number of aromatic hydroxyl groups is 1. The molecular formula is C25H18Br2N2O5S. The summed E-state index contributed by atoms with van der Waals surface area (Å²) in [4.78, 5) is 31.7. The third-order valence-corrected chi connectivity index (χ3v) is 7.76. The van der Waals surface area contributed by atoms with Crippen LogP contribution in [0.2, 0.25) is 0 Å². The molecule has 5 rings (SSSR count). The minimum absolute atomic E-state index is 0.0724. The molecule has 0 saturated carbocycles. The lowest BCUT2D eigenvalue weighted by atomic mass is 10.0. The van der Waals surface area contributed by atoms with Crippen LogP contribution in [0.25, 0.3) is 17.0 Å². The van der Waals surface area contributed by atoms with Crippen LogP contribution in [0.15, 0.2) is 76.9 Å². The third-order valence-electron chi connectivity index (χ3n) is 5.57. The van der Waals surface area contributed by atoms with Crippen molar-refractivity contribution >= 4 is 66.2 Å². The highest BCUT2D eigenvalue weighted by atomic mass is 79.9. The summed E-state index contributed by atoms with van der Waals surface area (Å²) in [5.74, 6) is -0.0191. The summed E-state index contributed by atoms with van der Waals surface area (Å²) >= 11 is 7.86. The van der Waals surface area contributed by atoms with Gasteiger partial charge in [-0.15, -0.1) is 0 Å². The largest absolute Gasteiger partial charge is 0.506 e. The highest BCUT2D eigenvalue weighted by Gasteiger charge is 2.35. The van der Waals surface area contributed by atoms with Crippen molar-refractivity contribution in [3.63, 3.8) is 0 Å². The van der Waals surface area contributed by atoms with E-state index in [0.717, 1.165) is 5.39 Å². The number of halogens is 2. The maximum absolute atomic E-state index is 13.7. The van der Waals surface area contributed by atoms with E-state index in [2.05, 4.69) is 36.9 Å². The average molecular weight is 618 g/mol. The first-order chi connectivity index (χ1) is 16.8. The molecule has 0 bridgehead atoms. The van der Waals surface area contributed by atoms with Crippen LogP contribution in [-0.4, -0.2) is 22.2 Å². The maximum atomic E-state index is 13.7. The van der Waals surface area contributed by atoms with Gasteiger partial charge in [0, 0.05) is 5.39 Å². The van der Waals surface area contributed by atoms with Gasteiger partial charge in [0.2, 0.25) is 0 Å². The predicted octanol–water partition coefficient (Wildman–Crippen LogP) is 4.78. The highest BCUT2D eigenvalue weighted by molar-refractivity contribution is 9.11. The number of furan rings is 1. The Bertz CT molecular complexity index is 1660. The van der Waals surface area contributed by atoms with Crippen LogP contribution in [0, 0.1) is 0 Å². The quantitative estimate of drug-likeness (QED) is 0.333. The second-order valence-electron chi connectivity index (χ2n) is 7.82. The summed E-state index contributed by atoms with van der Waals surface area (Å²) < 4.78 is 14.3. The Morgan fingerprint density at radius 2 is 1.97 bits per heavy atom. The van der Waals surface area contributed by atoms with Crippen molar-refractivity contribution in [3.05, 3.63) is 93.7 Å². The van der Waals surface area contributed by atoms with E-state index in [0.29, 0.717) is 40.9 Å². The van der Waals surface area contributed by atoms with E-state index in [1.165, 1.54) is 15.9 Å². The molecule has 0 saturated heterocycles. The highest BCUT2D eigenvalue weighted by Crippen LogP contribution is 2.35. The summed E-state index contributed by atoms with van der Waals surface area (Å²) in [6.45, 7) is 3.65. The van der Waals surface area contributed by atoms with Gasteiger partial charge in [-0.3, -0.25) is 9.36 Å². The average Bonchev–Trinajstić information content (AvgIpc) is 3.37. The number of fused-ring (bicyclic) bond motifs is 2. The van der Waals surface area contributed by atoms with Crippen LogP contribution >= 0.6 is 43.2 Å². The summed E-state index contributed by atoms with van der Waals surface area (Å²) in [6.07, 6.45) is 1.72. The van der Waals surface area contributed by atoms with Crippen molar-refractivity contribution in [1.29, 1.82) is 0 Å². The van der Waals surface area contributed by atoms with Crippen molar-refractivity contribution in [2.24, 2.45) is 4.99 Å². The van der Waals surface area contributed by atoms with E-state index in [1.54, 1.807) is 32.1 Å². The van der Waals surface area contributed by atoms with Gasteiger partial charge in [0.15, 0.2) is 4.80 Å². The van der Waals surface area contributed by atoms with Gasteiger partial charge < -0.3 is 14.3 Å². The number of phenols is 1. The summed E-state index contributed by atoms with van der Waals surface area (Å²) in [5.41, 5.74) is 1.78. The molecule has 2 aromatic carbocycles. The second kappa shape index (κ2) is 9.25. The Labute approximate surface area is 219 Å². The zero-order valence-electron chi connectivity index (χ0n) is 18.5. The Hall–Kier alpha value is -2.95. The number of hydrogen-bond donors (Lipinski definition) is 1. The molecule has 178 valence electrons. The maximum Gasteiger partial charge on any atom is 0.338 e. The SMILES string of the molecule is CCOC(=O)C1=C(C)N=c2s/c(=C\c3cc(Br)c(O)c(Br)c3)c(=O)n2C1c1cc2ccccc2o1. The molecule has 1 atom stereocenters. The minimum Gasteiger partial charge on any atom is -0.506 e. The van der Waals surface area contributed by atoms with Crippen LogP contribution in [0.1, 0.15) is 31.2 Å². The van der Waals surface area contributed by atoms with E-state index in [-0.39, 0.29) is 23.5 Å². The van der Waals surface area contributed by atoms with Gasteiger partial charge in [-0.25, -0.2) is 9.79 Å². The molecule has 1 aliphatic rings. The number of carbonyl (C=O) groups excluding carboxylic acids is 1. The van der Waals surface area contributed by atoms with Crippen LogP contribution in [0.4, 0.5) is 0 Å². The predicted molar refractivity (Wildman–Crippen MR) is 140 cm³/mol. The number of nitrogens with zero attached hydrogens (tertiary/aromatic N) is 2. The lowest BCUT2D eigenvalue weighted by Crippen LogP contribution is -2.39. The molecule has 1 aliphatic heterocycles. The lowest BCUT2D eigenvalue weighted by Gasteiger charge is -2.22. The number of esters is 1. The number of benzene rings is 2. The molecule has 3 heterocycles. The van der Waals surface area contributed by atoms with Crippen LogP contribution in [0.5, 0.6) is 5.75 Å². The molecule has 35 heavy (non-hydrogen) atoms. The van der Waals surface area contributed by atoms with Crippen LogP contribution < -0.4 is 14.9 Å². The molecule has 0 fully saturated rings. The van der Waals surface area contributed by atoms with Gasteiger partial charge >= 0.3 is 5.97 Å². The standard InChI is InChI=1S/C25H18Br2N2O5S/c1-3-33-24(32)20-12(2)28-25-29(21(20)18-11-14-6-4-5-7-17(14)34-18)23(31)19(35-25)10-13-8-15(26)22(30)16(27)9-13/h4-11,21,30H,3H2,1-2H3/b19-10-. The van der Waals surface area contributed by atoms with E-state index in [4.69, 9.17) is 9.15 Å². The molecule has 1 N–H and O–H groups in total. The van der Waals surface area contributed by atoms with Gasteiger partial charge in [0.05, 0.1) is 31.4 Å². The van der Waals surface area contributed by atoms with E-state index < -0.39 is 12.0 Å². The monoisotopic (exact) mass is 616 g/mol. The molecule has 0 spiro atoms. The molecule has 10 heteroatoms. The number of allylic oxidation sites excluding steroid dienone is 1. The van der Waals surface area contributed by atoms with Crippen LogP contribution in [0.3, 0.4) is 0 Å². The van der Waals surface area contributed by atoms with Gasteiger partial charge in [0.1, 0.15) is 23.1 Å². The number of thiazole rings is 1. The van der Waals surface area contributed by atoms with Gasteiger partial charge in [-0.05, 0) is 81.6 Å². The Balaban J connectivity index is 1.75. The van der Waals surface area contributed by atoms with Crippen molar-refractivity contribution in [1.82, 2.24) is 4.57 Å². The molecular weight excluding hydrogens is 600 g/mol. The topological polar surface area (TPSA) is 94.0 Å². The Kier molecular flexibility index (Phi) is 6.29. The zero-order valence-corrected chi connectivity index (χ0v) is 22.5. The van der Waals surface area contributed by atoms with Gasteiger partial charge in [-0.2, -0.15) is 0 Å². The van der Waals surface area contributed by atoms with E-state index >= 15 is 0 Å². The number of ether oxygens (including phenoxy) is 1. The smallest absolute Gasteiger partial charge is 0.338 e. The molecule has 0 amide bonds. The van der Waals surface area contributed by atoms with Gasteiger partial charge in [0.25, 0.3) is 5.56 Å². The van der Waals surface area contributed by atoms with Crippen molar-refractivity contribution in [3.8, 4) is 5.75 Å². The summed E-state index contributed by atoms with van der Waals surface area (Å²) in [7, 11) is 0. The second-order valence-corrected chi connectivity index (χ2v) is 10.5. The normalized spacial score (nSPS) is 15.9. The first-order valence-electron chi connectivity index (χ1n) is 10.6. The van der Waals surface area contributed by atoms with Crippen molar-refractivity contribution in [2.45, 2.75) is 19.9 Å². The Morgan fingerprint density at radius 1 is 1.26 bits per heavy atom. The molecule has 0 aliphatic carbocycles.